The molecule has 1 amide bonds. The Morgan fingerprint density at radius 3 is 2.37 bits per heavy atom. The third-order valence-corrected chi connectivity index (χ3v) is 6.10. The highest BCUT2D eigenvalue weighted by atomic mass is 19.1. The number of aromatic nitrogens is 1. The molecule has 1 aromatic heterocycles. The molecule has 0 aliphatic carbocycles. The number of nitro groups is 1. The second-order valence-corrected chi connectivity index (χ2v) is 8.13. The Morgan fingerprint density at radius 2 is 1.74 bits per heavy atom. The Labute approximate surface area is 199 Å². The number of amides is 1. The van der Waals surface area contributed by atoms with Gasteiger partial charge < -0.3 is 15.0 Å². The summed E-state index contributed by atoms with van der Waals surface area (Å²) in [6.45, 7) is 0.391. The van der Waals surface area contributed by atoms with Gasteiger partial charge in [0, 0.05) is 46.1 Å². The molecule has 4 aromatic carbocycles. The first-order valence-corrected chi connectivity index (χ1v) is 10.8. The van der Waals surface area contributed by atoms with Gasteiger partial charge in [0.25, 0.3) is 5.69 Å². The predicted octanol–water partition coefficient (Wildman–Crippen LogP) is 5.66. The average molecular weight is 469 g/mol. The van der Waals surface area contributed by atoms with E-state index in [-0.39, 0.29) is 11.5 Å². The molecule has 2 N–H and O–H groups in total. The monoisotopic (exact) mass is 469 g/mol. The summed E-state index contributed by atoms with van der Waals surface area (Å²) in [6, 6.07) is 21.5. The van der Waals surface area contributed by atoms with Crippen molar-refractivity contribution in [3.05, 3.63) is 106 Å². The van der Waals surface area contributed by atoms with E-state index in [2.05, 4.69) is 0 Å². The van der Waals surface area contributed by atoms with Crippen molar-refractivity contribution in [1.29, 1.82) is 0 Å². The smallest absolute Gasteiger partial charge is 0.269 e. The van der Waals surface area contributed by atoms with Gasteiger partial charge in [0.15, 0.2) is 5.75 Å². The Kier molecular flexibility index (Phi) is 5.41. The number of primary amides is 1. The van der Waals surface area contributed by atoms with Crippen LogP contribution in [0.25, 0.3) is 32.9 Å². The van der Waals surface area contributed by atoms with E-state index in [0.29, 0.717) is 39.9 Å². The predicted molar refractivity (Wildman–Crippen MR) is 132 cm³/mol. The third kappa shape index (κ3) is 3.74. The Bertz CT molecular complexity index is 1610. The number of carbonyl (C=O) groups excluding carboxylic acids is 1. The van der Waals surface area contributed by atoms with Crippen LogP contribution in [-0.4, -0.2) is 22.5 Å². The molecule has 0 fully saturated rings. The van der Waals surface area contributed by atoms with E-state index < -0.39 is 10.8 Å². The lowest BCUT2D eigenvalue weighted by atomic mass is 9.96. The minimum atomic E-state index is -0.606. The fourth-order valence-electron chi connectivity index (χ4n) is 4.54. The fraction of sp³-hybridized carbons (Fsp3) is 0.0741. The van der Waals surface area contributed by atoms with Gasteiger partial charge in [-0.3, -0.25) is 14.9 Å². The zero-order chi connectivity index (χ0) is 24.7. The minimum Gasteiger partial charge on any atom is -0.494 e. The number of ether oxygens (including phenoxy) is 1. The number of nitrogens with zero attached hydrogens (tertiary/aromatic N) is 2. The van der Waals surface area contributed by atoms with Crippen molar-refractivity contribution >= 4 is 33.4 Å². The highest BCUT2D eigenvalue weighted by Gasteiger charge is 2.24. The minimum absolute atomic E-state index is 0.0469. The number of hydrogen-bond donors (Lipinski definition) is 1. The van der Waals surface area contributed by atoms with Crippen LogP contribution in [0.3, 0.4) is 0 Å². The molecule has 5 aromatic rings. The number of fused-ring (bicyclic) bond motifs is 3. The quantitative estimate of drug-likeness (QED) is 0.256. The molecule has 0 saturated carbocycles. The second-order valence-electron chi connectivity index (χ2n) is 8.13. The van der Waals surface area contributed by atoms with Crippen molar-refractivity contribution in [2.45, 2.75) is 6.54 Å². The number of methoxy groups -OCH3 is 1. The Morgan fingerprint density at radius 1 is 1.06 bits per heavy atom. The van der Waals surface area contributed by atoms with Crippen LogP contribution in [0.4, 0.5) is 10.1 Å². The van der Waals surface area contributed by atoms with E-state index in [4.69, 9.17) is 10.5 Å². The summed E-state index contributed by atoms with van der Waals surface area (Å²) in [5, 5.41) is 12.6. The summed E-state index contributed by atoms with van der Waals surface area (Å²) in [6.07, 6.45) is 0. The van der Waals surface area contributed by atoms with Gasteiger partial charge in [-0.1, -0.05) is 30.3 Å². The molecule has 0 aliphatic heterocycles. The van der Waals surface area contributed by atoms with Crippen LogP contribution in [0.1, 0.15) is 15.9 Å². The number of rotatable bonds is 6. The molecule has 7 nitrogen and oxygen atoms in total. The van der Waals surface area contributed by atoms with Crippen LogP contribution in [0.5, 0.6) is 5.75 Å². The maximum absolute atomic E-state index is 13.5. The molecule has 8 heteroatoms. The molecule has 0 radical (unpaired) electrons. The molecule has 0 saturated heterocycles. The number of nitrogens with two attached hydrogens (primary N) is 1. The van der Waals surface area contributed by atoms with Gasteiger partial charge >= 0.3 is 0 Å². The van der Waals surface area contributed by atoms with E-state index in [1.807, 2.05) is 28.8 Å². The van der Waals surface area contributed by atoms with E-state index in [1.54, 1.807) is 30.3 Å². The standard InChI is InChI=1S/C27H20FN3O4/c1-35-26-21(17-8-12-19(13-9-17)31(33)34)14-22(27(29)32)24-20-4-2-3-5-23(20)30(25(24)26)15-16-6-10-18(28)11-7-16/h2-14H,15H2,1H3,(H2,29,32). The largest absolute Gasteiger partial charge is 0.494 e. The van der Waals surface area contributed by atoms with Gasteiger partial charge in [-0.25, -0.2) is 4.39 Å². The van der Waals surface area contributed by atoms with Gasteiger partial charge in [-0.05, 0) is 47.5 Å². The lowest BCUT2D eigenvalue weighted by Gasteiger charge is -2.16. The Hall–Kier alpha value is -4.72. The van der Waals surface area contributed by atoms with E-state index in [1.165, 1.54) is 31.4 Å². The number of para-hydroxylation sites is 1. The van der Waals surface area contributed by atoms with Crippen LogP contribution >= 0.6 is 0 Å². The topological polar surface area (TPSA) is 100 Å². The zero-order valence-corrected chi connectivity index (χ0v) is 18.7. The summed E-state index contributed by atoms with van der Waals surface area (Å²) < 4.78 is 21.4. The first kappa shape index (κ1) is 22.1. The fourth-order valence-corrected chi connectivity index (χ4v) is 4.54. The lowest BCUT2D eigenvalue weighted by molar-refractivity contribution is -0.384. The van der Waals surface area contributed by atoms with Crippen LogP contribution in [0, 0.1) is 15.9 Å². The molecule has 0 bridgehead atoms. The van der Waals surface area contributed by atoms with Crippen molar-refractivity contribution < 1.29 is 18.8 Å². The lowest BCUT2D eigenvalue weighted by Crippen LogP contribution is -2.12. The summed E-state index contributed by atoms with van der Waals surface area (Å²) in [7, 11) is 1.54. The number of nitro benzene ring substituents is 1. The summed E-state index contributed by atoms with van der Waals surface area (Å²) in [5.74, 6) is -0.437. The van der Waals surface area contributed by atoms with Crippen molar-refractivity contribution in [3.63, 3.8) is 0 Å². The normalized spacial score (nSPS) is 11.1. The molecular formula is C27H20FN3O4. The van der Waals surface area contributed by atoms with Crippen LogP contribution in [-0.2, 0) is 6.54 Å². The number of hydrogen-bond acceptors (Lipinski definition) is 4. The van der Waals surface area contributed by atoms with Gasteiger partial charge in [-0.15, -0.1) is 0 Å². The highest BCUT2D eigenvalue weighted by Crippen LogP contribution is 2.44. The van der Waals surface area contributed by atoms with Crippen LogP contribution < -0.4 is 10.5 Å². The summed E-state index contributed by atoms with van der Waals surface area (Å²) in [5.41, 5.74) is 9.67. The van der Waals surface area contributed by atoms with E-state index >= 15 is 0 Å². The van der Waals surface area contributed by atoms with Crippen molar-refractivity contribution in [3.8, 4) is 16.9 Å². The molecule has 35 heavy (non-hydrogen) atoms. The molecular weight excluding hydrogens is 449 g/mol. The maximum Gasteiger partial charge on any atom is 0.269 e. The van der Waals surface area contributed by atoms with E-state index in [9.17, 15) is 19.3 Å². The number of non-ortho nitro benzene ring substituents is 1. The van der Waals surface area contributed by atoms with Gasteiger partial charge in [0.1, 0.15) is 5.82 Å². The number of benzene rings is 4. The third-order valence-electron chi connectivity index (χ3n) is 6.10. The van der Waals surface area contributed by atoms with Crippen molar-refractivity contribution in [2.75, 3.05) is 7.11 Å². The molecule has 0 aliphatic rings. The molecule has 174 valence electrons. The SMILES string of the molecule is COc1c(-c2ccc([N+](=O)[O-])cc2)cc(C(N)=O)c2c3ccccc3n(Cc3ccc(F)cc3)c12. The molecule has 0 atom stereocenters. The molecule has 5 rings (SSSR count). The molecule has 0 spiro atoms. The second kappa shape index (κ2) is 8.57. The highest BCUT2D eigenvalue weighted by molar-refractivity contribution is 6.21. The van der Waals surface area contributed by atoms with E-state index in [0.717, 1.165) is 16.5 Å². The van der Waals surface area contributed by atoms with Crippen molar-refractivity contribution in [1.82, 2.24) is 4.57 Å². The first-order chi connectivity index (χ1) is 16.9. The van der Waals surface area contributed by atoms with Crippen LogP contribution in [0.15, 0.2) is 78.9 Å². The molecule has 0 unspecified atom stereocenters. The van der Waals surface area contributed by atoms with Crippen molar-refractivity contribution in [2.24, 2.45) is 5.73 Å². The number of halogens is 1. The van der Waals surface area contributed by atoms with Gasteiger partial charge in [0.05, 0.1) is 17.5 Å². The average Bonchev–Trinajstić information content (AvgIpc) is 3.18. The van der Waals surface area contributed by atoms with Crippen LogP contribution in [0.2, 0.25) is 0 Å². The summed E-state index contributed by atoms with van der Waals surface area (Å²) in [4.78, 5) is 23.3. The maximum atomic E-state index is 13.5. The molecule has 1 heterocycles. The first-order valence-electron chi connectivity index (χ1n) is 10.8. The summed E-state index contributed by atoms with van der Waals surface area (Å²) >= 11 is 0. The zero-order valence-electron chi connectivity index (χ0n) is 18.7. The Balaban J connectivity index is 1.87. The van der Waals surface area contributed by atoms with Gasteiger partial charge in [-0.2, -0.15) is 0 Å². The number of carbonyl (C=O) groups is 1. The van der Waals surface area contributed by atoms with Gasteiger partial charge in [0.2, 0.25) is 5.91 Å².